The minimum Gasteiger partial charge on any atom is -0.341 e. The summed E-state index contributed by atoms with van der Waals surface area (Å²) in [6.07, 6.45) is 1.86. The second kappa shape index (κ2) is 7.21. The third kappa shape index (κ3) is 3.32. The summed E-state index contributed by atoms with van der Waals surface area (Å²) in [5.74, 6) is 0.298. The molecule has 3 heterocycles. The summed E-state index contributed by atoms with van der Waals surface area (Å²) in [5, 5.41) is 4.30. The molecule has 0 atom stereocenters. The van der Waals surface area contributed by atoms with Gasteiger partial charge in [-0.25, -0.2) is 9.07 Å². The van der Waals surface area contributed by atoms with Crippen molar-refractivity contribution in [1.29, 1.82) is 0 Å². The molecule has 1 fully saturated rings. The van der Waals surface area contributed by atoms with E-state index in [4.69, 9.17) is 0 Å². The predicted octanol–water partition coefficient (Wildman–Crippen LogP) is 0.954. The molecule has 0 unspecified atom stereocenters. The molecule has 0 N–H and O–H groups in total. The van der Waals surface area contributed by atoms with Crippen LogP contribution < -0.4 is 16.0 Å². The van der Waals surface area contributed by atoms with Gasteiger partial charge in [0, 0.05) is 31.9 Å². The van der Waals surface area contributed by atoms with Crippen molar-refractivity contribution in [1.82, 2.24) is 19.2 Å². The van der Waals surface area contributed by atoms with Gasteiger partial charge in [-0.2, -0.15) is 0 Å². The molecule has 1 saturated heterocycles. The highest BCUT2D eigenvalue weighted by Gasteiger charge is 2.27. The topological polar surface area (TPSA) is 80.4 Å². The molecule has 1 aromatic carbocycles. The van der Waals surface area contributed by atoms with Crippen LogP contribution in [0.5, 0.6) is 0 Å². The molecule has 2 aliphatic heterocycles. The van der Waals surface area contributed by atoms with E-state index in [0.717, 1.165) is 17.5 Å². The van der Waals surface area contributed by atoms with Crippen LogP contribution in [0.25, 0.3) is 0 Å². The molecular weight excluding hydrogens is 365 g/mol. The van der Waals surface area contributed by atoms with Crippen LogP contribution in [-0.4, -0.2) is 44.8 Å². The van der Waals surface area contributed by atoms with E-state index in [1.165, 1.54) is 16.7 Å². The molecule has 148 valence electrons. The Bertz CT molecular complexity index is 1010. The third-order valence-electron chi connectivity index (χ3n) is 5.46. The number of halogens is 1. The highest BCUT2D eigenvalue weighted by atomic mass is 19.1. The zero-order chi connectivity index (χ0) is 19.8. The fourth-order valence-electron chi connectivity index (χ4n) is 3.68. The number of benzene rings is 1. The van der Waals surface area contributed by atoms with Gasteiger partial charge in [0.25, 0.3) is 0 Å². The molecule has 2 aromatic rings. The van der Waals surface area contributed by atoms with Crippen molar-refractivity contribution in [2.24, 2.45) is 5.92 Å². The van der Waals surface area contributed by atoms with Crippen LogP contribution in [0.15, 0.2) is 33.9 Å². The number of anilines is 2. The highest BCUT2D eigenvalue weighted by Crippen LogP contribution is 2.26. The molecular formula is C19H22FN5O3. The Morgan fingerprint density at radius 3 is 2.43 bits per heavy atom. The minimum atomic E-state index is -0.802. The minimum absolute atomic E-state index is 0.211. The van der Waals surface area contributed by atoms with E-state index in [2.05, 4.69) is 12.0 Å². The molecule has 0 aliphatic carbocycles. The van der Waals surface area contributed by atoms with Crippen LogP contribution in [0.2, 0.25) is 0 Å². The van der Waals surface area contributed by atoms with E-state index in [0.29, 0.717) is 37.8 Å². The van der Waals surface area contributed by atoms with E-state index >= 15 is 0 Å². The normalized spacial score (nSPS) is 17.1. The van der Waals surface area contributed by atoms with Gasteiger partial charge in [-0.3, -0.25) is 19.0 Å². The quantitative estimate of drug-likeness (QED) is 0.733. The van der Waals surface area contributed by atoms with Crippen LogP contribution in [0, 0.1) is 11.7 Å². The lowest BCUT2D eigenvalue weighted by Crippen LogP contribution is -2.46. The van der Waals surface area contributed by atoms with Crippen LogP contribution in [0.3, 0.4) is 0 Å². The van der Waals surface area contributed by atoms with Crippen LogP contribution >= 0.6 is 0 Å². The van der Waals surface area contributed by atoms with Crippen molar-refractivity contribution >= 4 is 17.5 Å². The van der Waals surface area contributed by atoms with Gasteiger partial charge in [-0.15, -0.1) is 5.10 Å². The number of nitrogens with zero attached hydrogens (tertiary/aromatic N) is 5. The van der Waals surface area contributed by atoms with Gasteiger partial charge in [-0.05, 0) is 43.0 Å². The summed E-state index contributed by atoms with van der Waals surface area (Å²) in [5.41, 5.74) is -0.834. The lowest BCUT2D eigenvalue weighted by atomic mass is 9.99. The standard InChI is InChI=1S/C19H22FN5O3/c1-13-6-8-22(9-7-13)16(26)12-25-18(28)17(27)24-11-10-23(19(24)21-25)15-4-2-14(20)3-5-15/h2-5,13H,6-12H2,1H3. The highest BCUT2D eigenvalue weighted by molar-refractivity contribution is 5.76. The molecule has 0 spiro atoms. The Morgan fingerprint density at radius 1 is 1.07 bits per heavy atom. The maximum atomic E-state index is 13.2. The maximum Gasteiger partial charge on any atom is 0.333 e. The van der Waals surface area contributed by atoms with Gasteiger partial charge < -0.3 is 9.80 Å². The van der Waals surface area contributed by atoms with Gasteiger partial charge in [-0.1, -0.05) is 6.92 Å². The number of piperidine rings is 1. The van der Waals surface area contributed by atoms with Crippen molar-refractivity contribution in [3.63, 3.8) is 0 Å². The number of likely N-dealkylation sites (tertiary alicyclic amines) is 1. The van der Waals surface area contributed by atoms with Gasteiger partial charge in [0.15, 0.2) is 0 Å². The monoisotopic (exact) mass is 387 g/mol. The average Bonchev–Trinajstić information content (AvgIpc) is 3.11. The van der Waals surface area contributed by atoms with Crippen LogP contribution in [-0.2, 0) is 17.9 Å². The van der Waals surface area contributed by atoms with E-state index < -0.39 is 11.1 Å². The van der Waals surface area contributed by atoms with E-state index in [1.54, 1.807) is 21.9 Å². The Morgan fingerprint density at radius 2 is 1.75 bits per heavy atom. The summed E-state index contributed by atoms with van der Waals surface area (Å²) in [4.78, 5) is 41.0. The number of rotatable bonds is 3. The molecule has 28 heavy (non-hydrogen) atoms. The second-order valence-electron chi connectivity index (χ2n) is 7.41. The van der Waals surface area contributed by atoms with Crippen LogP contribution in [0.1, 0.15) is 19.8 Å². The summed E-state index contributed by atoms with van der Waals surface area (Å²) < 4.78 is 15.5. The molecule has 0 radical (unpaired) electrons. The zero-order valence-corrected chi connectivity index (χ0v) is 15.7. The first kappa shape index (κ1) is 18.4. The Kier molecular flexibility index (Phi) is 4.74. The first-order valence-electron chi connectivity index (χ1n) is 9.47. The number of carbonyl (C=O) groups is 1. The van der Waals surface area contributed by atoms with E-state index in [1.807, 2.05) is 0 Å². The molecule has 2 aliphatic rings. The molecule has 0 bridgehead atoms. The van der Waals surface area contributed by atoms with Gasteiger partial charge in [0.2, 0.25) is 11.9 Å². The average molecular weight is 387 g/mol. The Balaban J connectivity index is 1.63. The smallest absolute Gasteiger partial charge is 0.333 e. The number of carbonyl (C=O) groups excluding carboxylic acids is 1. The number of fused-ring (bicyclic) bond motifs is 1. The predicted molar refractivity (Wildman–Crippen MR) is 101 cm³/mol. The fourth-order valence-corrected chi connectivity index (χ4v) is 3.68. The Labute approximate surface area is 160 Å². The van der Waals surface area contributed by atoms with Crippen molar-refractivity contribution in [3.8, 4) is 0 Å². The maximum absolute atomic E-state index is 13.2. The van der Waals surface area contributed by atoms with Crippen molar-refractivity contribution in [2.45, 2.75) is 32.9 Å². The SMILES string of the molecule is CC1CCN(C(=O)Cn2nc3n(c(=O)c2=O)CCN3c2ccc(F)cc2)CC1. The number of amides is 1. The van der Waals surface area contributed by atoms with Crippen LogP contribution in [0.4, 0.5) is 16.0 Å². The summed E-state index contributed by atoms with van der Waals surface area (Å²) >= 11 is 0. The Hall–Kier alpha value is -2.97. The summed E-state index contributed by atoms with van der Waals surface area (Å²) in [6, 6.07) is 5.83. The number of aromatic nitrogens is 3. The van der Waals surface area contributed by atoms with Gasteiger partial charge in [0.1, 0.15) is 12.4 Å². The third-order valence-corrected chi connectivity index (χ3v) is 5.46. The molecule has 9 heteroatoms. The first-order valence-corrected chi connectivity index (χ1v) is 9.47. The lowest BCUT2D eigenvalue weighted by Gasteiger charge is -2.30. The fraction of sp³-hybridized carbons (Fsp3) is 0.474. The number of hydrogen-bond acceptors (Lipinski definition) is 5. The van der Waals surface area contributed by atoms with E-state index in [9.17, 15) is 18.8 Å². The molecule has 0 saturated carbocycles. The number of hydrogen-bond donors (Lipinski definition) is 0. The lowest BCUT2D eigenvalue weighted by molar-refractivity contribution is -0.133. The van der Waals surface area contributed by atoms with Gasteiger partial charge in [0.05, 0.1) is 0 Å². The van der Waals surface area contributed by atoms with E-state index in [-0.39, 0.29) is 24.2 Å². The summed E-state index contributed by atoms with van der Waals surface area (Å²) in [6.45, 7) is 3.95. The summed E-state index contributed by atoms with van der Waals surface area (Å²) in [7, 11) is 0. The van der Waals surface area contributed by atoms with Crippen molar-refractivity contribution < 1.29 is 9.18 Å². The van der Waals surface area contributed by atoms with Crippen molar-refractivity contribution in [2.75, 3.05) is 24.5 Å². The van der Waals surface area contributed by atoms with Crippen molar-refractivity contribution in [3.05, 3.63) is 50.8 Å². The molecule has 1 aromatic heterocycles. The molecule has 4 rings (SSSR count). The molecule has 1 amide bonds. The second-order valence-corrected chi connectivity index (χ2v) is 7.41. The first-order chi connectivity index (χ1) is 13.4. The molecule has 8 nitrogen and oxygen atoms in total. The largest absolute Gasteiger partial charge is 0.341 e. The van der Waals surface area contributed by atoms with Gasteiger partial charge >= 0.3 is 11.1 Å². The zero-order valence-electron chi connectivity index (χ0n) is 15.7.